The van der Waals surface area contributed by atoms with Gasteiger partial charge in [0.05, 0.1) is 12.8 Å². The minimum atomic E-state index is 0.566. The molecular weight excluding hydrogens is 318 g/mol. The summed E-state index contributed by atoms with van der Waals surface area (Å²) >= 11 is 1.69. The minimum Gasteiger partial charge on any atom is -0.497 e. The molecule has 2 N–H and O–H groups in total. The predicted molar refractivity (Wildman–Crippen MR) is 101 cm³/mol. The maximum Gasteiger partial charge on any atom is 0.183 e. The first-order chi connectivity index (χ1) is 11.7. The molecule has 1 fully saturated rings. The lowest BCUT2D eigenvalue weighted by Gasteiger charge is -2.27. The van der Waals surface area contributed by atoms with E-state index in [1.165, 1.54) is 25.7 Å². The molecule has 1 aliphatic carbocycles. The fraction of sp³-hybridized carbons (Fsp3) is 0.421. The molecule has 126 valence electrons. The number of benzene rings is 1. The molecule has 3 aromatic rings. The number of fused-ring (bicyclic) bond motifs is 1. The summed E-state index contributed by atoms with van der Waals surface area (Å²) in [4.78, 5) is 8.15. The van der Waals surface area contributed by atoms with Gasteiger partial charge in [-0.15, -0.1) is 11.3 Å². The van der Waals surface area contributed by atoms with E-state index in [1.54, 1.807) is 18.4 Å². The Morgan fingerprint density at radius 2 is 2.25 bits per heavy atom. The van der Waals surface area contributed by atoms with Gasteiger partial charge in [0.15, 0.2) is 5.13 Å². The molecule has 0 unspecified atom stereocenters. The van der Waals surface area contributed by atoms with Crippen molar-refractivity contribution in [3.8, 4) is 17.0 Å². The third-order valence-corrected chi connectivity index (χ3v) is 5.71. The summed E-state index contributed by atoms with van der Waals surface area (Å²) in [7, 11) is 1.70. The van der Waals surface area contributed by atoms with E-state index in [0.29, 0.717) is 6.04 Å². The Morgan fingerprint density at radius 3 is 3.08 bits per heavy atom. The quantitative estimate of drug-likeness (QED) is 0.678. The maximum atomic E-state index is 5.35. The number of aromatic amines is 1. The van der Waals surface area contributed by atoms with Crippen LogP contribution in [0, 0.1) is 5.92 Å². The first kappa shape index (κ1) is 15.5. The summed E-state index contributed by atoms with van der Waals surface area (Å²) in [6.07, 6.45) is 7.21. The average molecular weight is 341 g/mol. The number of methoxy groups -OCH3 is 1. The second-order valence-corrected chi connectivity index (χ2v) is 7.62. The highest BCUT2D eigenvalue weighted by atomic mass is 32.1. The fourth-order valence-electron chi connectivity index (χ4n) is 3.64. The van der Waals surface area contributed by atoms with E-state index in [9.17, 15) is 0 Å². The van der Waals surface area contributed by atoms with Gasteiger partial charge in [-0.3, -0.25) is 0 Å². The summed E-state index contributed by atoms with van der Waals surface area (Å²) in [5.41, 5.74) is 3.26. The van der Waals surface area contributed by atoms with Crippen molar-refractivity contribution in [1.29, 1.82) is 0 Å². The number of hydrogen-bond acceptors (Lipinski definition) is 4. The first-order valence-electron chi connectivity index (χ1n) is 8.60. The zero-order valence-electron chi connectivity index (χ0n) is 14.1. The molecule has 0 aliphatic heterocycles. The van der Waals surface area contributed by atoms with Gasteiger partial charge in [0.25, 0.3) is 0 Å². The third-order valence-electron chi connectivity index (χ3n) is 4.93. The van der Waals surface area contributed by atoms with Gasteiger partial charge in [0.2, 0.25) is 0 Å². The van der Waals surface area contributed by atoms with Crippen LogP contribution < -0.4 is 10.1 Å². The molecule has 1 aromatic carbocycles. The van der Waals surface area contributed by atoms with E-state index in [0.717, 1.165) is 39.0 Å². The van der Waals surface area contributed by atoms with Crippen molar-refractivity contribution >= 4 is 27.4 Å². The second-order valence-electron chi connectivity index (χ2n) is 6.76. The van der Waals surface area contributed by atoms with Gasteiger partial charge in [-0.1, -0.05) is 19.8 Å². The standard InChI is InChI=1S/C19H23N3OS/c1-12-4-3-5-13(8-12)21-19-22-18(11-24-19)16-10-20-17-7-6-14(23-2)9-15(16)17/h6-7,9-13,20H,3-5,8H2,1-2H3,(H,21,22)/t12-,13-/m1/s1. The van der Waals surface area contributed by atoms with Crippen molar-refractivity contribution in [1.82, 2.24) is 9.97 Å². The van der Waals surface area contributed by atoms with Crippen molar-refractivity contribution in [2.24, 2.45) is 5.92 Å². The Balaban J connectivity index is 1.58. The fourth-order valence-corrected chi connectivity index (χ4v) is 4.43. The van der Waals surface area contributed by atoms with Gasteiger partial charge < -0.3 is 15.0 Å². The number of anilines is 1. The van der Waals surface area contributed by atoms with Crippen LogP contribution in [-0.4, -0.2) is 23.1 Å². The summed E-state index contributed by atoms with van der Waals surface area (Å²) in [6, 6.07) is 6.65. The Morgan fingerprint density at radius 1 is 1.33 bits per heavy atom. The number of ether oxygens (including phenoxy) is 1. The van der Waals surface area contributed by atoms with E-state index in [2.05, 4.69) is 28.7 Å². The number of aromatic nitrogens is 2. The lowest BCUT2D eigenvalue weighted by Crippen LogP contribution is -2.26. The average Bonchev–Trinajstić information content (AvgIpc) is 3.20. The highest BCUT2D eigenvalue weighted by Crippen LogP contribution is 2.34. The molecule has 1 saturated carbocycles. The monoisotopic (exact) mass is 341 g/mol. The van der Waals surface area contributed by atoms with E-state index < -0.39 is 0 Å². The van der Waals surface area contributed by atoms with Gasteiger partial charge in [-0.2, -0.15) is 0 Å². The lowest BCUT2D eigenvalue weighted by atomic mass is 9.87. The normalized spacial score (nSPS) is 21.1. The van der Waals surface area contributed by atoms with E-state index >= 15 is 0 Å². The highest BCUT2D eigenvalue weighted by molar-refractivity contribution is 7.14. The van der Waals surface area contributed by atoms with Crippen molar-refractivity contribution < 1.29 is 4.74 Å². The minimum absolute atomic E-state index is 0.566. The van der Waals surface area contributed by atoms with Crippen LogP contribution in [0.4, 0.5) is 5.13 Å². The molecule has 0 radical (unpaired) electrons. The molecule has 0 saturated heterocycles. The van der Waals surface area contributed by atoms with Crippen LogP contribution in [0.3, 0.4) is 0 Å². The van der Waals surface area contributed by atoms with E-state index in [4.69, 9.17) is 9.72 Å². The topological polar surface area (TPSA) is 49.9 Å². The van der Waals surface area contributed by atoms with Gasteiger partial charge in [-0.05, 0) is 37.0 Å². The lowest BCUT2D eigenvalue weighted by molar-refractivity contribution is 0.358. The zero-order chi connectivity index (χ0) is 16.5. The molecule has 0 spiro atoms. The molecule has 2 aromatic heterocycles. The number of nitrogens with one attached hydrogen (secondary N) is 2. The Labute approximate surface area is 146 Å². The van der Waals surface area contributed by atoms with Crippen molar-refractivity contribution in [3.05, 3.63) is 29.8 Å². The Hall–Kier alpha value is -2.01. The van der Waals surface area contributed by atoms with Crippen LogP contribution in [0.15, 0.2) is 29.8 Å². The number of rotatable bonds is 4. The summed E-state index contributed by atoms with van der Waals surface area (Å²) in [5, 5.41) is 7.95. The van der Waals surface area contributed by atoms with Gasteiger partial charge in [0.1, 0.15) is 5.75 Å². The number of thiazole rings is 1. The molecule has 5 heteroatoms. The molecule has 2 heterocycles. The first-order valence-corrected chi connectivity index (χ1v) is 9.48. The summed E-state index contributed by atoms with van der Waals surface area (Å²) < 4.78 is 5.35. The van der Waals surface area contributed by atoms with Crippen molar-refractivity contribution in [3.63, 3.8) is 0 Å². The van der Waals surface area contributed by atoms with Crippen LogP contribution in [0.5, 0.6) is 5.75 Å². The molecule has 1 aliphatic rings. The second kappa shape index (κ2) is 6.48. The zero-order valence-corrected chi connectivity index (χ0v) is 15.0. The molecule has 0 amide bonds. The van der Waals surface area contributed by atoms with E-state index in [1.807, 2.05) is 18.3 Å². The molecule has 4 nitrogen and oxygen atoms in total. The molecule has 2 atom stereocenters. The molecule has 24 heavy (non-hydrogen) atoms. The third kappa shape index (κ3) is 3.00. The number of hydrogen-bond donors (Lipinski definition) is 2. The molecular formula is C19H23N3OS. The number of nitrogens with zero attached hydrogens (tertiary/aromatic N) is 1. The summed E-state index contributed by atoms with van der Waals surface area (Å²) in [5.74, 6) is 1.69. The summed E-state index contributed by atoms with van der Waals surface area (Å²) in [6.45, 7) is 2.35. The Bertz CT molecular complexity index is 838. The molecule has 4 rings (SSSR count). The van der Waals surface area contributed by atoms with Gasteiger partial charge in [-0.25, -0.2) is 4.98 Å². The van der Waals surface area contributed by atoms with Crippen LogP contribution in [0.1, 0.15) is 32.6 Å². The smallest absolute Gasteiger partial charge is 0.183 e. The van der Waals surface area contributed by atoms with Gasteiger partial charge >= 0.3 is 0 Å². The van der Waals surface area contributed by atoms with Crippen LogP contribution in [0.25, 0.3) is 22.2 Å². The largest absolute Gasteiger partial charge is 0.497 e. The van der Waals surface area contributed by atoms with E-state index in [-0.39, 0.29) is 0 Å². The van der Waals surface area contributed by atoms with Crippen molar-refractivity contribution in [2.45, 2.75) is 38.6 Å². The van der Waals surface area contributed by atoms with Crippen molar-refractivity contribution in [2.75, 3.05) is 12.4 Å². The number of H-pyrrole nitrogens is 1. The predicted octanol–water partition coefficient (Wildman–Crippen LogP) is 5.29. The highest BCUT2D eigenvalue weighted by Gasteiger charge is 2.20. The SMILES string of the molecule is COc1ccc2[nH]cc(-c3csc(N[C@@H]4CCC[C@@H](C)C4)n3)c2c1. The van der Waals surface area contributed by atoms with Gasteiger partial charge in [0, 0.05) is 34.1 Å². The van der Waals surface area contributed by atoms with Crippen LogP contribution in [-0.2, 0) is 0 Å². The molecule has 0 bridgehead atoms. The Kier molecular flexibility index (Phi) is 4.19. The van der Waals surface area contributed by atoms with Crippen LogP contribution in [0.2, 0.25) is 0 Å². The maximum absolute atomic E-state index is 5.35. The van der Waals surface area contributed by atoms with Crippen LogP contribution >= 0.6 is 11.3 Å².